The summed E-state index contributed by atoms with van der Waals surface area (Å²) in [5.41, 5.74) is 1.08. The summed E-state index contributed by atoms with van der Waals surface area (Å²) in [7, 11) is 0. The molecule has 1 rings (SSSR count). The average molecular weight is 196 g/mol. The molecule has 0 unspecified atom stereocenters. The van der Waals surface area contributed by atoms with Crippen LogP contribution in [0.2, 0.25) is 0 Å². The van der Waals surface area contributed by atoms with Crippen molar-refractivity contribution < 1.29 is 9.53 Å². The van der Waals surface area contributed by atoms with E-state index in [1.165, 1.54) is 11.0 Å². The number of hydrogen-bond donors (Lipinski definition) is 0. The van der Waals surface area contributed by atoms with Crippen molar-refractivity contribution in [3.8, 4) is 0 Å². The van der Waals surface area contributed by atoms with Crippen LogP contribution in [0.4, 0.5) is 0 Å². The first-order valence-electron chi connectivity index (χ1n) is 4.13. The van der Waals surface area contributed by atoms with Gasteiger partial charge in [-0.25, -0.2) is 4.79 Å². The summed E-state index contributed by atoms with van der Waals surface area (Å²) in [6.45, 7) is 4.24. The third-order valence-electron chi connectivity index (χ3n) is 1.58. The predicted molar refractivity (Wildman–Crippen MR) is 54.7 cm³/mol. The van der Waals surface area contributed by atoms with Crippen LogP contribution in [0.15, 0.2) is 17.5 Å². The predicted octanol–water partition coefficient (Wildman–Crippen LogP) is 2.63. The van der Waals surface area contributed by atoms with Crippen LogP contribution >= 0.6 is 11.3 Å². The molecule has 0 saturated heterocycles. The van der Waals surface area contributed by atoms with Crippen molar-refractivity contribution in [3.05, 3.63) is 28.0 Å². The Bertz CT molecular complexity index is 312. The molecule has 0 atom stereocenters. The van der Waals surface area contributed by atoms with E-state index in [0.717, 1.165) is 5.56 Å². The topological polar surface area (TPSA) is 26.3 Å². The Labute approximate surface area is 81.8 Å². The van der Waals surface area contributed by atoms with Gasteiger partial charge in [-0.05, 0) is 36.9 Å². The average Bonchev–Trinajstić information content (AvgIpc) is 2.48. The van der Waals surface area contributed by atoms with E-state index in [4.69, 9.17) is 4.74 Å². The Morgan fingerprint density at radius 3 is 3.00 bits per heavy atom. The number of carbonyl (C=O) groups excluding carboxylic acids is 1. The SMILES string of the molecule is CCOC(=O)C=Cc1ccsc1C. The minimum absolute atomic E-state index is 0.284. The van der Waals surface area contributed by atoms with Crippen molar-refractivity contribution in [2.45, 2.75) is 13.8 Å². The van der Waals surface area contributed by atoms with Gasteiger partial charge < -0.3 is 4.74 Å². The lowest BCUT2D eigenvalue weighted by molar-refractivity contribution is -0.137. The molecule has 1 aromatic rings. The van der Waals surface area contributed by atoms with Crippen LogP contribution in [0, 0.1) is 6.92 Å². The molecular formula is C10H12O2S. The van der Waals surface area contributed by atoms with Crippen LogP contribution in [0.3, 0.4) is 0 Å². The third kappa shape index (κ3) is 3.03. The standard InChI is InChI=1S/C10H12O2S/c1-3-12-10(11)5-4-9-6-7-13-8(9)2/h4-7H,3H2,1-2H3. The summed E-state index contributed by atoms with van der Waals surface area (Å²) in [6.07, 6.45) is 3.24. The fourth-order valence-corrected chi connectivity index (χ4v) is 1.61. The van der Waals surface area contributed by atoms with E-state index in [9.17, 15) is 4.79 Å². The van der Waals surface area contributed by atoms with Gasteiger partial charge in [-0.3, -0.25) is 0 Å². The Morgan fingerprint density at radius 2 is 2.46 bits per heavy atom. The Balaban J connectivity index is 2.58. The first-order valence-corrected chi connectivity index (χ1v) is 5.01. The Hall–Kier alpha value is -1.09. The monoisotopic (exact) mass is 196 g/mol. The van der Waals surface area contributed by atoms with E-state index >= 15 is 0 Å². The van der Waals surface area contributed by atoms with Crippen molar-refractivity contribution >= 4 is 23.4 Å². The number of rotatable bonds is 3. The van der Waals surface area contributed by atoms with Crippen molar-refractivity contribution in [2.24, 2.45) is 0 Å². The van der Waals surface area contributed by atoms with E-state index < -0.39 is 0 Å². The quantitative estimate of drug-likeness (QED) is 0.548. The highest BCUT2D eigenvalue weighted by atomic mass is 32.1. The lowest BCUT2D eigenvalue weighted by atomic mass is 10.2. The van der Waals surface area contributed by atoms with Gasteiger partial charge >= 0.3 is 5.97 Å². The molecule has 0 radical (unpaired) electrons. The zero-order valence-electron chi connectivity index (χ0n) is 7.74. The van der Waals surface area contributed by atoms with Gasteiger partial charge in [-0.2, -0.15) is 0 Å². The summed E-state index contributed by atoms with van der Waals surface area (Å²) in [6, 6.07) is 1.98. The largest absolute Gasteiger partial charge is 0.463 e. The second-order valence-electron chi connectivity index (χ2n) is 2.52. The molecule has 0 saturated carbocycles. The molecule has 1 heterocycles. The summed E-state index contributed by atoms with van der Waals surface area (Å²) >= 11 is 1.67. The lowest BCUT2D eigenvalue weighted by Gasteiger charge is -1.94. The van der Waals surface area contributed by atoms with Crippen molar-refractivity contribution in [1.82, 2.24) is 0 Å². The molecule has 13 heavy (non-hydrogen) atoms. The van der Waals surface area contributed by atoms with Gasteiger partial charge in [0.1, 0.15) is 0 Å². The van der Waals surface area contributed by atoms with E-state index in [0.29, 0.717) is 6.61 Å². The number of esters is 1. The smallest absolute Gasteiger partial charge is 0.330 e. The molecule has 0 bridgehead atoms. The van der Waals surface area contributed by atoms with E-state index in [2.05, 4.69) is 0 Å². The van der Waals surface area contributed by atoms with E-state index in [1.54, 1.807) is 24.3 Å². The van der Waals surface area contributed by atoms with Crippen LogP contribution in [0.25, 0.3) is 6.08 Å². The maximum atomic E-state index is 10.9. The molecule has 0 aliphatic rings. The van der Waals surface area contributed by atoms with Crippen molar-refractivity contribution in [2.75, 3.05) is 6.61 Å². The molecular weight excluding hydrogens is 184 g/mol. The van der Waals surface area contributed by atoms with Crippen LogP contribution in [-0.4, -0.2) is 12.6 Å². The minimum Gasteiger partial charge on any atom is -0.463 e. The van der Waals surface area contributed by atoms with Crippen molar-refractivity contribution in [1.29, 1.82) is 0 Å². The van der Waals surface area contributed by atoms with Gasteiger partial charge in [-0.15, -0.1) is 11.3 Å². The zero-order chi connectivity index (χ0) is 9.68. The van der Waals surface area contributed by atoms with Gasteiger partial charge in [0, 0.05) is 11.0 Å². The van der Waals surface area contributed by atoms with Crippen molar-refractivity contribution in [3.63, 3.8) is 0 Å². The normalized spacial score (nSPS) is 10.6. The van der Waals surface area contributed by atoms with Gasteiger partial charge in [-0.1, -0.05) is 0 Å². The van der Waals surface area contributed by atoms with Crippen LogP contribution in [-0.2, 0) is 9.53 Å². The molecule has 0 fully saturated rings. The van der Waals surface area contributed by atoms with Crippen LogP contribution in [0.5, 0.6) is 0 Å². The number of carbonyl (C=O) groups is 1. The summed E-state index contributed by atoms with van der Waals surface area (Å²) < 4.78 is 4.76. The third-order valence-corrected chi connectivity index (χ3v) is 2.45. The van der Waals surface area contributed by atoms with Gasteiger partial charge in [0.25, 0.3) is 0 Å². The van der Waals surface area contributed by atoms with Crippen LogP contribution < -0.4 is 0 Å². The second kappa shape index (κ2) is 4.82. The number of thiophene rings is 1. The fourth-order valence-electron chi connectivity index (χ4n) is 0.916. The molecule has 0 amide bonds. The Morgan fingerprint density at radius 1 is 1.69 bits per heavy atom. The number of ether oxygens (including phenoxy) is 1. The lowest BCUT2D eigenvalue weighted by Crippen LogP contribution is -1.98. The highest BCUT2D eigenvalue weighted by molar-refractivity contribution is 7.10. The zero-order valence-corrected chi connectivity index (χ0v) is 8.56. The molecule has 0 aromatic carbocycles. The molecule has 0 spiro atoms. The second-order valence-corrected chi connectivity index (χ2v) is 3.64. The van der Waals surface area contributed by atoms with Gasteiger partial charge in [0.05, 0.1) is 6.61 Å². The van der Waals surface area contributed by atoms with E-state index in [-0.39, 0.29) is 5.97 Å². The summed E-state index contributed by atoms with van der Waals surface area (Å²) in [5.74, 6) is -0.284. The first-order chi connectivity index (χ1) is 6.24. The molecule has 2 nitrogen and oxygen atoms in total. The van der Waals surface area contributed by atoms with Gasteiger partial charge in [0.2, 0.25) is 0 Å². The Kier molecular flexibility index (Phi) is 3.71. The minimum atomic E-state index is -0.284. The molecule has 0 aliphatic carbocycles. The summed E-state index contributed by atoms with van der Waals surface area (Å²) in [4.78, 5) is 12.2. The van der Waals surface area contributed by atoms with E-state index in [1.807, 2.05) is 18.4 Å². The van der Waals surface area contributed by atoms with Gasteiger partial charge in [0.15, 0.2) is 0 Å². The number of aryl methyl sites for hydroxylation is 1. The molecule has 70 valence electrons. The molecule has 3 heteroatoms. The molecule has 1 aromatic heterocycles. The number of hydrogen-bond acceptors (Lipinski definition) is 3. The molecule has 0 aliphatic heterocycles. The first kappa shape index (κ1) is 9.99. The van der Waals surface area contributed by atoms with Crippen LogP contribution in [0.1, 0.15) is 17.4 Å². The maximum absolute atomic E-state index is 10.9. The molecule has 0 N–H and O–H groups in total. The summed E-state index contributed by atoms with van der Waals surface area (Å²) in [5, 5.41) is 2.00. The fraction of sp³-hybridized carbons (Fsp3) is 0.300. The highest BCUT2D eigenvalue weighted by Gasteiger charge is 1.96. The highest BCUT2D eigenvalue weighted by Crippen LogP contribution is 2.16. The maximum Gasteiger partial charge on any atom is 0.330 e.